The molecule has 2 aromatic carbocycles. The van der Waals surface area contributed by atoms with E-state index in [0.717, 1.165) is 37.7 Å². The molecule has 38 heavy (non-hydrogen) atoms. The number of carbonyl (C=O) groups is 3. The quantitative estimate of drug-likeness (QED) is 0.377. The predicted molar refractivity (Wildman–Crippen MR) is 146 cm³/mol. The van der Waals surface area contributed by atoms with Gasteiger partial charge in [0.15, 0.2) is 5.78 Å². The summed E-state index contributed by atoms with van der Waals surface area (Å²) in [7, 11) is 0. The van der Waals surface area contributed by atoms with Crippen molar-refractivity contribution in [3.63, 3.8) is 0 Å². The lowest BCUT2D eigenvalue weighted by molar-refractivity contribution is -0.384. The number of non-ortho nitro benzene ring substituents is 1. The van der Waals surface area contributed by atoms with Gasteiger partial charge in [0, 0.05) is 23.7 Å². The number of amides is 2. The molecule has 1 saturated carbocycles. The van der Waals surface area contributed by atoms with Crippen molar-refractivity contribution in [3.05, 3.63) is 105 Å². The largest absolute Gasteiger partial charge is 0.351 e. The molecule has 0 aromatic heterocycles. The van der Waals surface area contributed by atoms with Crippen molar-refractivity contribution in [2.45, 2.75) is 49.7 Å². The lowest BCUT2D eigenvalue weighted by Crippen LogP contribution is -2.53. The van der Waals surface area contributed by atoms with E-state index in [9.17, 15) is 24.5 Å². The van der Waals surface area contributed by atoms with E-state index in [-0.39, 0.29) is 27.9 Å². The number of rotatable bonds is 6. The summed E-state index contributed by atoms with van der Waals surface area (Å²) in [5.41, 5.74) is 0.455. The number of hydrogen-bond donors (Lipinski definition) is 1. The van der Waals surface area contributed by atoms with Gasteiger partial charge in [0.2, 0.25) is 5.91 Å². The Morgan fingerprint density at radius 3 is 2.24 bits per heavy atom. The first-order valence-electron chi connectivity index (χ1n) is 12.6. The molecule has 1 unspecified atom stereocenters. The Kier molecular flexibility index (Phi) is 7.12. The molecule has 0 radical (unpaired) electrons. The van der Waals surface area contributed by atoms with E-state index in [4.69, 9.17) is 0 Å². The monoisotopic (exact) mass is 575 g/mol. The van der Waals surface area contributed by atoms with Gasteiger partial charge < -0.3 is 10.2 Å². The number of nitro groups is 1. The summed E-state index contributed by atoms with van der Waals surface area (Å²) < 4.78 is 0.282. The summed E-state index contributed by atoms with van der Waals surface area (Å²) >= 11 is 3.51. The molecule has 9 heteroatoms. The van der Waals surface area contributed by atoms with Gasteiger partial charge in [-0.15, -0.1) is 0 Å². The van der Waals surface area contributed by atoms with E-state index in [0.29, 0.717) is 11.1 Å². The number of nitro benzene ring substituents is 1. The molecule has 1 N–H and O–H groups in total. The normalized spacial score (nSPS) is 19.8. The molecule has 1 fully saturated rings. The Bertz CT molecular complexity index is 1360. The summed E-state index contributed by atoms with van der Waals surface area (Å²) in [4.78, 5) is 52.5. The number of halogens is 1. The van der Waals surface area contributed by atoms with Gasteiger partial charge in [-0.1, -0.05) is 49.6 Å². The van der Waals surface area contributed by atoms with Crippen LogP contribution in [0.4, 0.5) is 5.69 Å². The topological polar surface area (TPSA) is 110 Å². The average Bonchev–Trinajstić information content (AvgIpc) is 3.13. The Balaban J connectivity index is 1.65. The lowest BCUT2D eigenvalue weighted by Gasteiger charge is -2.42. The molecule has 1 spiro atoms. The number of nitrogens with zero attached hydrogens (tertiary/aromatic N) is 2. The second-order valence-corrected chi connectivity index (χ2v) is 10.5. The fourth-order valence-corrected chi connectivity index (χ4v) is 6.29. The van der Waals surface area contributed by atoms with Crippen molar-refractivity contribution in [2.24, 2.45) is 0 Å². The predicted octanol–water partition coefficient (Wildman–Crippen LogP) is 5.17. The van der Waals surface area contributed by atoms with Gasteiger partial charge in [0.05, 0.1) is 9.41 Å². The number of ketones is 1. The van der Waals surface area contributed by atoms with Crippen molar-refractivity contribution in [3.8, 4) is 0 Å². The van der Waals surface area contributed by atoms with Crippen LogP contribution in [0.2, 0.25) is 0 Å². The molecular formula is C29H26BrN3O5. The fourth-order valence-electron chi connectivity index (χ4n) is 5.55. The van der Waals surface area contributed by atoms with E-state index >= 15 is 0 Å². The third-order valence-corrected chi connectivity index (χ3v) is 8.10. The molecule has 2 aromatic rings. The number of hydrogen-bond acceptors (Lipinski definition) is 5. The van der Waals surface area contributed by atoms with Crippen LogP contribution in [0.1, 0.15) is 49.3 Å². The van der Waals surface area contributed by atoms with E-state index in [1.54, 1.807) is 12.2 Å². The summed E-state index contributed by atoms with van der Waals surface area (Å²) in [5.74, 6) is -1.02. The van der Waals surface area contributed by atoms with Crippen LogP contribution in [0.25, 0.3) is 5.57 Å². The minimum absolute atomic E-state index is 0.0190. The van der Waals surface area contributed by atoms with E-state index in [1.807, 2.05) is 30.3 Å². The molecule has 1 aliphatic heterocycles. The highest BCUT2D eigenvalue weighted by Crippen LogP contribution is 2.50. The second-order valence-electron chi connectivity index (χ2n) is 9.72. The molecule has 0 saturated heterocycles. The first-order valence-corrected chi connectivity index (χ1v) is 13.4. The Hall–Kier alpha value is -3.85. The minimum atomic E-state index is -1.23. The molecule has 1 atom stereocenters. The lowest BCUT2D eigenvalue weighted by atomic mass is 9.81. The number of allylic oxidation sites excluding steroid dienone is 2. The van der Waals surface area contributed by atoms with Gasteiger partial charge in [0.25, 0.3) is 11.6 Å². The highest BCUT2D eigenvalue weighted by Gasteiger charge is 2.54. The van der Waals surface area contributed by atoms with Crippen molar-refractivity contribution >= 4 is 44.8 Å². The van der Waals surface area contributed by atoms with Gasteiger partial charge in [-0.3, -0.25) is 24.5 Å². The van der Waals surface area contributed by atoms with Gasteiger partial charge in [-0.05, 0) is 76.3 Å². The molecule has 3 aliphatic rings. The zero-order valence-corrected chi connectivity index (χ0v) is 22.1. The number of benzene rings is 2. The van der Waals surface area contributed by atoms with Crippen LogP contribution in [0.3, 0.4) is 0 Å². The van der Waals surface area contributed by atoms with Crippen LogP contribution in [-0.2, 0) is 14.4 Å². The molecular weight excluding hydrogens is 550 g/mol. The van der Waals surface area contributed by atoms with Gasteiger partial charge >= 0.3 is 0 Å². The van der Waals surface area contributed by atoms with E-state index < -0.39 is 22.4 Å². The minimum Gasteiger partial charge on any atom is -0.351 e. The Morgan fingerprint density at radius 2 is 1.63 bits per heavy atom. The molecule has 2 amide bonds. The summed E-state index contributed by atoms with van der Waals surface area (Å²) in [6.45, 7) is 0. The maximum absolute atomic E-state index is 14.0. The average molecular weight is 576 g/mol. The zero-order chi connectivity index (χ0) is 26.9. The summed E-state index contributed by atoms with van der Waals surface area (Å²) in [6.07, 6.45) is 10.9. The van der Waals surface area contributed by atoms with E-state index in [2.05, 4.69) is 21.2 Å². The van der Waals surface area contributed by atoms with Crippen molar-refractivity contribution in [1.29, 1.82) is 0 Å². The van der Waals surface area contributed by atoms with Gasteiger partial charge in [0.1, 0.15) is 11.6 Å². The smallest absolute Gasteiger partial charge is 0.269 e. The zero-order valence-electron chi connectivity index (χ0n) is 20.5. The van der Waals surface area contributed by atoms with Crippen LogP contribution < -0.4 is 5.32 Å². The Labute approximate surface area is 228 Å². The van der Waals surface area contributed by atoms with Crippen LogP contribution in [0.15, 0.2) is 83.4 Å². The maximum atomic E-state index is 14.0. The van der Waals surface area contributed by atoms with Crippen LogP contribution >= 0.6 is 15.9 Å². The number of nitrogens with one attached hydrogen (secondary N) is 1. The SMILES string of the molecule is O=C1C=CC2(C=C1)C(c1ccccc1)=C(Br)C(=O)N2C(C(=O)NC1CCCCC1)c1ccc([N+](=O)[O-])cc1. The molecule has 194 valence electrons. The number of carbonyl (C=O) groups excluding carboxylic acids is 3. The van der Waals surface area contributed by atoms with Crippen molar-refractivity contribution < 1.29 is 19.3 Å². The van der Waals surface area contributed by atoms with Gasteiger partial charge in [-0.25, -0.2) is 0 Å². The first-order chi connectivity index (χ1) is 18.3. The maximum Gasteiger partial charge on any atom is 0.269 e. The molecule has 1 heterocycles. The van der Waals surface area contributed by atoms with Crippen LogP contribution in [0.5, 0.6) is 0 Å². The van der Waals surface area contributed by atoms with E-state index in [1.165, 1.54) is 41.3 Å². The van der Waals surface area contributed by atoms with Gasteiger partial charge in [-0.2, -0.15) is 0 Å². The molecule has 5 rings (SSSR count). The molecule has 8 nitrogen and oxygen atoms in total. The second kappa shape index (κ2) is 10.5. The fraction of sp³-hybridized carbons (Fsp3) is 0.276. The van der Waals surface area contributed by atoms with Crippen molar-refractivity contribution in [2.75, 3.05) is 0 Å². The highest BCUT2D eigenvalue weighted by atomic mass is 79.9. The summed E-state index contributed by atoms with van der Waals surface area (Å²) in [6, 6.07) is 13.9. The first kappa shape index (κ1) is 25.8. The van der Waals surface area contributed by atoms with Crippen molar-refractivity contribution in [1.82, 2.24) is 10.2 Å². The van der Waals surface area contributed by atoms with Crippen LogP contribution in [-0.4, -0.2) is 39.0 Å². The Morgan fingerprint density at radius 1 is 1.00 bits per heavy atom. The molecule has 2 aliphatic carbocycles. The standard InChI is InChI=1S/C29H26BrN3O5/c30-25-24(19-7-3-1-4-8-19)29(17-15-23(34)16-18-29)32(28(25)36)26(20-11-13-22(14-12-20)33(37)38)27(35)31-21-9-5-2-6-10-21/h1,3-4,7-8,11-18,21,26H,2,5-6,9-10H2,(H,31,35). The third kappa shape index (κ3) is 4.62. The summed E-state index contributed by atoms with van der Waals surface area (Å²) in [5, 5.41) is 14.4. The molecule has 0 bridgehead atoms. The highest BCUT2D eigenvalue weighted by molar-refractivity contribution is 9.12. The van der Waals surface area contributed by atoms with Crippen LogP contribution in [0, 0.1) is 10.1 Å². The third-order valence-electron chi connectivity index (χ3n) is 7.37.